The fourth-order valence-electron chi connectivity index (χ4n) is 2.13. The molecule has 0 fully saturated rings. The summed E-state index contributed by atoms with van der Waals surface area (Å²) < 4.78 is 0. The fourth-order valence-corrected chi connectivity index (χ4v) is 2.13. The number of nitriles is 1. The first-order valence-corrected chi connectivity index (χ1v) is 7.02. The van der Waals surface area contributed by atoms with Gasteiger partial charge in [0.25, 0.3) is 5.91 Å². The number of imide groups is 1. The average molecular weight is 292 g/mol. The van der Waals surface area contributed by atoms with Crippen molar-refractivity contribution in [2.75, 3.05) is 0 Å². The molecule has 1 atom stereocenters. The van der Waals surface area contributed by atoms with Crippen molar-refractivity contribution in [2.24, 2.45) is 5.92 Å². The molecule has 0 aliphatic carbocycles. The number of carbonyl (C=O) groups is 2. The predicted molar refractivity (Wildman–Crippen MR) is 82.8 cm³/mol. The topological polar surface area (TPSA) is 70.0 Å². The minimum atomic E-state index is -0.453. The highest BCUT2D eigenvalue weighted by Gasteiger charge is 2.16. The molecule has 2 aromatic carbocycles. The first-order chi connectivity index (χ1) is 10.7. The van der Waals surface area contributed by atoms with E-state index in [0.717, 1.165) is 5.56 Å². The molecule has 22 heavy (non-hydrogen) atoms. The maximum atomic E-state index is 11.9. The molecule has 0 heterocycles. The van der Waals surface area contributed by atoms with E-state index >= 15 is 0 Å². The summed E-state index contributed by atoms with van der Waals surface area (Å²) in [6.07, 6.45) is 0.494. The molecule has 0 aliphatic heterocycles. The van der Waals surface area contributed by atoms with Crippen LogP contribution in [0, 0.1) is 17.2 Å². The Kier molecular flexibility index (Phi) is 5.44. The van der Waals surface area contributed by atoms with Gasteiger partial charge in [-0.05, 0) is 24.1 Å². The minimum absolute atomic E-state index is 0.00394. The first-order valence-electron chi connectivity index (χ1n) is 7.02. The summed E-state index contributed by atoms with van der Waals surface area (Å²) in [5.74, 6) is -1.33. The summed E-state index contributed by atoms with van der Waals surface area (Å²) in [4.78, 5) is 23.8. The van der Waals surface area contributed by atoms with Gasteiger partial charge in [-0.3, -0.25) is 14.9 Å². The van der Waals surface area contributed by atoms with Gasteiger partial charge in [0.05, 0.1) is 12.0 Å². The molecule has 0 radical (unpaired) electrons. The molecule has 2 rings (SSSR count). The van der Waals surface area contributed by atoms with E-state index in [1.165, 1.54) is 0 Å². The molecule has 1 unspecified atom stereocenters. The van der Waals surface area contributed by atoms with Crippen LogP contribution < -0.4 is 5.32 Å². The van der Waals surface area contributed by atoms with Gasteiger partial charge in [-0.15, -0.1) is 0 Å². The van der Waals surface area contributed by atoms with E-state index in [-0.39, 0.29) is 6.42 Å². The Hall–Kier alpha value is -2.93. The largest absolute Gasteiger partial charge is 0.292 e. The van der Waals surface area contributed by atoms with Gasteiger partial charge in [-0.1, -0.05) is 48.5 Å². The Morgan fingerprint density at radius 2 is 1.59 bits per heavy atom. The van der Waals surface area contributed by atoms with E-state index in [4.69, 9.17) is 0 Å². The number of hydrogen-bond donors (Lipinski definition) is 1. The standard InChI is InChI=1S/C18H16N2O2/c19-13-15(11-14-7-3-1-4-8-14)12-17(21)20-18(22)16-9-5-2-6-10-16/h1-10,15H,11-12H2,(H,20,21,22). The molecule has 1 N–H and O–H groups in total. The lowest BCUT2D eigenvalue weighted by Crippen LogP contribution is -2.31. The summed E-state index contributed by atoms with van der Waals surface area (Å²) in [6.45, 7) is 0. The van der Waals surface area contributed by atoms with E-state index in [1.807, 2.05) is 30.3 Å². The molecule has 0 saturated heterocycles. The average Bonchev–Trinajstić information content (AvgIpc) is 2.56. The first kappa shape index (κ1) is 15.5. The molecule has 0 aliphatic rings. The smallest absolute Gasteiger partial charge is 0.257 e. The normalized spacial score (nSPS) is 11.2. The van der Waals surface area contributed by atoms with Gasteiger partial charge < -0.3 is 0 Å². The van der Waals surface area contributed by atoms with Crippen LogP contribution in [-0.4, -0.2) is 11.8 Å². The molecule has 0 spiro atoms. The van der Waals surface area contributed by atoms with Crippen LogP contribution in [0.1, 0.15) is 22.3 Å². The monoisotopic (exact) mass is 292 g/mol. The summed E-state index contributed by atoms with van der Waals surface area (Å²) in [7, 11) is 0. The molecule has 0 aromatic heterocycles. The Morgan fingerprint density at radius 3 is 2.18 bits per heavy atom. The molecule has 0 bridgehead atoms. The van der Waals surface area contributed by atoms with Crippen molar-refractivity contribution in [3.63, 3.8) is 0 Å². The number of amides is 2. The van der Waals surface area contributed by atoms with Gasteiger partial charge in [0.2, 0.25) is 5.91 Å². The zero-order valence-corrected chi connectivity index (χ0v) is 12.0. The van der Waals surface area contributed by atoms with E-state index in [2.05, 4.69) is 11.4 Å². The number of nitrogens with one attached hydrogen (secondary N) is 1. The highest BCUT2D eigenvalue weighted by molar-refractivity contribution is 6.04. The van der Waals surface area contributed by atoms with Crippen LogP contribution in [0.4, 0.5) is 0 Å². The molecular weight excluding hydrogens is 276 g/mol. The van der Waals surface area contributed by atoms with Crippen molar-refractivity contribution >= 4 is 11.8 Å². The second kappa shape index (κ2) is 7.75. The lowest BCUT2D eigenvalue weighted by Gasteiger charge is -2.09. The van der Waals surface area contributed by atoms with Crippen LogP contribution in [-0.2, 0) is 11.2 Å². The number of hydrogen-bond acceptors (Lipinski definition) is 3. The molecule has 110 valence electrons. The van der Waals surface area contributed by atoms with Gasteiger partial charge in [-0.25, -0.2) is 0 Å². The maximum absolute atomic E-state index is 11.9. The van der Waals surface area contributed by atoms with E-state index in [1.54, 1.807) is 30.3 Å². The molecule has 4 nitrogen and oxygen atoms in total. The highest BCUT2D eigenvalue weighted by Crippen LogP contribution is 2.11. The number of nitrogens with zero attached hydrogens (tertiary/aromatic N) is 1. The quantitative estimate of drug-likeness (QED) is 0.921. The molecular formula is C18H16N2O2. The van der Waals surface area contributed by atoms with Crippen molar-refractivity contribution in [3.8, 4) is 6.07 Å². The Balaban J connectivity index is 1.90. The highest BCUT2D eigenvalue weighted by atomic mass is 16.2. The summed E-state index contributed by atoms with van der Waals surface area (Å²) in [5, 5.41) is 11.5. The maximum Gasteiger partial charge on any atom is 0.257 e. The van der Waals surface area contributed by atoms with Crippen molar-refractivity contribution in [2.45, 2.75) is 12.8 Å². The third-order valence-corrected chi connectivity index (χ3v) is 3.23. The van der Waals surface area contributed by atoms with Crippen LogP contribution in [0.2, 0.25) is 0 Å². The summed E-state index contributed by atoms with van der Waals surface area (Å²) in [6, 6.07) is 20.2. The van der Waals surface area contributed by atoms with Crippen LogP contribution in [0.5, 0.6) is 0 Å². The molecule has 2 amide bonds. The van der Waals surface area contributed by atoms with Gasteiger partial charge in [0.1, 0.15) is 0 Å². The number of benzene rings is 2. The second-order valence-electron chi connectivity index (χ2n) is 4.96. The van der Waals surface area contributed by atoms with Gasteiger partial charge in [0.15, 0.2) is 0 Å². The fraction of sp³-hybridized carbons (Fsp3) is 0.167. The van der Waals surface area contributed by atoms with Crippen LogP contribution in [0.15, 0.2) is 60.7 Å². The minimum Gasteiger partial charge on any atom is -0.292 e. The van der Waals surface area contributed by atoms with Gasteiger partial charge >= 0.3 is 0 Å². The summed E-state index contributed by atoms with van der Waals surface area (Å²) >= 11 is 0. The molecule has 4 heteroatoms. The van der Waals surface area contributed by atoms with E-state index < -0.39 is 17.7 Å². The van der Waals surface area contributed by atoms with E-state index in [0.29, 0.717) is 12.0 Å². The van der Waals surface area contributed by atoms with Crippen molar-refractivity contribution < 1.29 is 9.59 Å². The van der Waals surface area contributed by atoms with Gasteiger partial charge in [0, 0.05) is 12.0 Å². The van der Waals surface area contributed by atoms with E-state index in [9.17, 15) is 14.9 Å². The molecule has 2 aromatic rings. The molecule has 0 saturated carbocycles. The van der Waals surface area contributed by atoms with Gasteiger partial charge in [-0.2, -0.15) is 5.26 Å². The second-order valence-corrected chi connectivity index (χ2v) is 4.96. The third kappa shape index (κ3) is 4.57. The predicted octanol–water partition coefficient (Wildman–Crippen LogP) is 2.72. The zero-order chi connectivity index (χ0) is 15.8. The number of carbonyl (C=O) groups excluding carboxylic acids is 2. The Morgan fingerprint density at radius 1 is 1.00 bits per heavy atom. The zero-order valence-electron chi connectivity index (χ0n) is 12.0. The Bertz CT molecular complexity index is 675. The third-order valence-electron chi connectivity index (χ3n) is 3.23. The van der Waals surface area contributed by atoms with Crippen LogP contribution in [0.3, 0.4) is 0 Å². The van der Waals surface area contributed by atoms with Crippen LogP contribution >= 0.6 is 0 Å². The number of rotatable bonds is 5. The lowest BCUT2D eigenvalue weighted by atomic mass is 9.97. The van der Waals surface area contributed by atoms with Crippen molar-refractivity contribution in [1.29, 1.82) is 5.26 Å². The summed E-state index contributed by atoms with van der Waals surface area (Å²) in [5.41, 5.74) is 1.42. The van der Waals surface area contributed by atoms with Crippen molar-refractivity contribution in [3.05, 3.63) is 71.8 Å². The lowest BCUT2D eigenvalue weighted by molar-refractivity contribution is -0.120. The van der Waals surface area contributed by atoms with Crippen LogP contribution in [0.25, 0.3) is 0 Å². The SMILES string of the molecule is N#CC(CC(=O)NC(=O)c1ccccc1)Cc1ccccc1. The van der Waals surface area contributed by atoms with Crippen molar-refractivity contribution in [1.82, 2.24) is 5.32 Å². The Labute approximate surface area is 129 Å².